The maximum absolute atomic E-state index is 8.82. The Morgan fingerprint density at radius 2 is 2.05 bits per heavy atom. The molecule has 0 bridgehead atoms. The van der Waals surface area contributed by atoms with Gasteiger partial charge in [0.15, 0.2) is 11.5 Å². The molecule has 0 unspecified atom stereocenters. The summed E-state index contributed by atoms with van der Waals surface area (Å²) in [7, 11) is 1.58. The van der Waals surface area contributed by atoms with E-state index >= 15 is 0 Å². The maximum atomic E-state index is 8.82. The number of benzene rings is 1. The molecule has 0 atom stereocenters. The highest BCUT2D eigenvalue weighted by molar-refractivity contribution is 5.66. The van der Waals surface area contributed by atoms with Gasteiger partial charge in [0.05, 0.1) is 13.7 Å². The van der Waals surface area contributed by atoms with Crippen molar-refractivity contribution in [2.75, 3.05) is 13.7 Å². The first-order valence-electron chi connectivity index (χ1n) is 6.16. The van der Waals surface area contributed by atoms with Crippen molar-refractivity contribution in [1.82, 2.24) is 0 Å². The Hall–Kier alpha value is -2.72. The first-order chi connectivity index (χ1) is 9.69. The summed E-state index contributed by atoms with van der Waals surface area (Å²) in [4.78, 5) is 0. The molecule has 0 saturated carbocycles. The fourth-order valence-electron chi connectivity index (χ4n) is 1.82. The zero-order valence-corrected chi connectivity index (χ0v) is 11.6. The number of nitrogens with zero attached hydrogens (tertiary/aromatic N) is 2. The average molecular weight is 268 g/mol. The monoisotopic (exact) mass is 268 g/mol. The standard InChI is InChI=1S/C16H16N2O2/c1-4-6-14-8-12(7-13(10-17)11-18)9-15(20-5-2)16(14)19-3/h4,7-9H,1,5-6H2,2-3H3. The molecule has 0 aliphatic heterocycles. The van der Waals surface area contributed by atoms with E-state index in [1.807, 2.05) is 25.1 Å². The highest BCUT2D eigenvalue weighted by Gasteiger charge is 2.11. The summed E-state index contributed by atoms with van der Waals surface area (Å²) in [6.07, 6.45) is 3.89. The van der Waals surface area contributed by atoms with Crippen molar-refractivity contribution >= 4 is 6.08 Å². The average Bonchev–Trinajstić information content (AvgIpc) is 2.45. The molecular weight excluding hydrogens is 252 g/mol. The van der Waals surface area contributed by atoms with Gasteiger partial charge in [-0.05, 0) is 37.1 Å². The van der Waals surface area contributed by atoms with Crippen LogP contribution >= 0.6 is 0 Å². The second-order valence-corrected chi connectivity index (χ2v) is 3.92. The van der Waals surface area contributed by atoms with E-state index in [9.17, 15) is 0 Å². The minimum atomic E-state index is 0.0437. The van der Waals surface area contributed by atoms with E-state index < -0.39 is 0 Å². The van der Waals surface area contributed by atoms with Gasteiger partial charge in [-0.3, -0.25) is 0 Å². The van der Waals surface area contributed by atoms with Gasteiger partial charge in [-0.1, -0.05) is 6.08 Å². The number of rotatable bonds is 6. The topological polar surface area (TPSA) is 66.0 Å². The summed E-state index contributed by atoms with van der Waals surface area (Å²) in [6.45, 7) is 6.09. The van der Waals surface area contributed by atoms with Crippen LogP contribution < -0.4 is 9.47 Å². The lowest BCUT2D eigenvalue weighted by atomic mass is 10.0. The molecule has 0 saturated heterocycles. The molecule has 0 aliphatic rings. The van der Waals surface area contributed by atoms with Gasteiger partial charge in [0.1, 0.15) is 17.7 Å². The van der Waals surface area contributed by atoms with Crippen LogP contribution in [0.25, 0.3) is 6.08 Å². The zero-order chi connectivity index (χ0) is 15.0. The number of nitriles is 2. The third-order valence-corrected chi connectivity index (χ3v) is 2.57. The van der Waals surface area contributed by atoms with E-state index in [1.54, 1.807) is 19.3 Å². The number of methoxy groups -OCH3 is 1. The molecule has 20 heavy (non-hydrogen) atoms. The lowest BCUT2D eigenvalue weighted by molar-refractivity contribution is 0.309. The van der Waals surface area contributed by atoms with Crippen LogP contribution in [0.5, 0.6) is 11.5 Å². The van der Waals surface area contributed by atoms with Crippen LogP contribution in [-0.2, 0) is 6.42 Å². The van der Waals surface area contributed by atoms with Crippen molar-refractivity contribution in [3.8, 4) is 23.6 Å². The van der Waals surface area contributed by atoms with Crippen LogP contribution in [0.3, 0.4) is 0 Å². The van der Waals surface area contributed by atoms with Gasteiger partial charge in [0.2, 0.25) is 0 Å². The van der Waals surface area contributed by atoms with Crippen molar-refractivity contribution < 1.29 is 9.47 Å². The Kier molecular flexibility index (Phi) is 5.87. The van der Waals surface area contributed by atoms with Gasteiger partial charge in [-0.2, -0.15) is 10.5 Å². The second-order valence-electron chi connectivity index (χ2n) is 3.92. The molecule has 0 aromatic heterocycles. The van der Waals surface area contributed by atoms with Crippen LogP contribution in [0.2, 0.25) is 0 Å². The highest BCUT2D eigenvalue weighted by atomic mass is 16.5. The van der Waals surface area contributed by atoms with E-state index in [2.05, 4.69) is 6.58 Å². The Labute approximate surface area is 119 Å². The smallest absolute Gasteiger partial charge is 0.164 e. The molecule has 0 heterocycles. The lowest BCUT2D eigenvalue weighted by Crippen LogP contribution is -1.99. The van der Waals surface area contributed by atoms with Gasteiger partial charge in [0, 0.05) is 5.56 Å². The summed E-state index contributed by atoms with van der Waals surface area (Å²) < 4.78 is 10.9. The second kappa shape index (κ2) is 7.66. The molecule has 0 aliphatic carbocycles. The summed E-state index contributed by atoms with van der Waals surface area (Å²) in [5, 5.41) is 17.6. The number of hydrogen-bond donors (Lipinski definition) is 0. The van der Waals surface area contributed by atoms with Gasteiger partial charge in [-0.25, -0.2) is 0 Å². The third kappa shape index (κ3) is 3.63. The first-order valence-corrected chi connectivity index (χ1v) is 6.16. The Balaban J connectivity index is 3.41. The Morgan fingerprint density at radius 1 is 1.35 bits per heavy atom. The third-order valence-electron chi connectivity index (χ3n) is 2.57. The van der Waals surface area contributed by atoms with Crippen molar-refractivity contribution in [3.05, 3.63) is 41.5 Å². The van der Waals surface area contributed by atoms with E-state index in [0.717, 1.165) is 11.1 Å². The molecule has 0 radical (unpaired) electrons. The fourth-order valence-corrected chi connectivity index (χ4v) is 1.82. The van der Waals surface area contributed by atoms with Gasteiger partial charge in [-0.15, -0.1) is 6.58 Å². The van der Waals surface area contributed by atoms with E-state index in [-0.39, 0.29) is 5.57 Å². The Bertz CT molecular complexity index is 588. The van der Waals surface area contributed by atoms with Crippen LogP contribution in [0.4, 0.5) is 0 Å². The summed E-state index contributed by atoms with van der Waals surface area (Å²) >= 11 is 0. The zero-order valence-electron chi connectivity index (χ0n) is 11.6. The normalized spacial score (nSPS) is 9.00. The van der Waals surface area contributed by atoms with Crippen LogP contribution in [-0.4, -0.2) is 13.7 Å². The summed E-state index contributed by atoms with van der Waals surface area (Å²) in [5.41, 5.74) is 1.67. The maximum Gasteiger partial charge on any atom is 0.164 e. The molecule has 0 N–H and O–H groups in total. The van der Waals surface area contributed by atoms with E-state index in [1.165, 1.54) is 6.08 Å². The van der Waals surface area contributed by atoms with Crippen LogP contribution in [0.15, 0.2) is 30.4 Å². The van der Waals surface area contributed by atoms with Gasteiger partial charge in [0.25, 0.3) is 0 Å². The van der Waals surface area contributed by atoms with Gasteiger partial charge >= 0.3 is 0 Å². The Morgan fingerprint density at radius 3 is 2.55 bits per heavy atom. The molecule has 1 aromatic carbocycles. The van der Waals surface area contributed by atoms with Crippen molar-refractivity contribution in [2.24, 2.45) is 0 Å². The predicted molar refractivity (Wildman–Crippen MR) is 77.3 cm³/mol. The first kappa shape index (κ1) is 15.3. The summed E-state index contributed by atoms with van der Waals surface area (Å²) in [5.74, 6) is 1.25. The highest BCUT2D eigenvalue weighted by Crippen LogP contribution is 2.34. The van der Waals surface area contributed by atoms with Crippen molar-refractivity contribution in [2.45, 2.75) is 13.3 Å². The summed E-state index contributed by atoms with van der Waals surface area (Å²) in [6, 6.07) is 7.29. The molecule has 102 valence electrons. The van der Waals surface area contributed by atoms with Crippen LogP contribution in [0, 0.1) is 22.7 Å². The molecule has 4 nitrogen and oxygen atoms in total. The van der Waals surface area contributed by atoms with E-state index in [4.69, 9.17) is 20.0 Å². The molecule has 1 rings (SSSR count). The SMILES string of the molecule is C=CCc1cc(C=C(C#N)C#N)cc(OCC)c1OC. The predicted octanol–water partition coefficient (Wildman–Crippen LogP) is 3.25. The fraction of sp³-hybridized carbons (Fsp3) is 0.250. The lowest BCUT2D eigenvalue weighted by Gasteiger charge is -2.14. The minimum Gasteiger partial charge on any atom is -0.493 e. The molecule has 0 fully saturated rings. The van der Waals surface area contributed by atoms with E-state index in [0.29, 0.717) is 24.5 Å². The molecule has 0 amide bonds. The molecular formula is C16H16N2O2. The number of allylic oxidation sites excluding steroid dienone is 2. The molecule has 4 heteroatoms. The van der Waals surface area contributed by atoms with Crippen molar-refractivity contribution in [1.29, 1.82) is 10.5 Å². The van der Waals surface area contributed by atoms with Gasteiger partial charge < -0.3 is 9.47 Å². The molecule has 1 aromatic rings. The minimum absolute atomic E-state index is 0.0437. The largest absolute Gasteiger partial charge is 0.493 e. The van der Waals surface area contributed by atoms with Crippen LogP contribution in [0.1, 0.15) is 18.1 Å². The molecule has 0 spiro atoms. The number of hydrogen-bond acceptors (Lipinski definition) is 4. The number of ether oxygens (including phenoxy) is 2. The quantitative estimate of drug-likeness (QED) is 0.586. The van der Waals surface area contributed by atoms with Crippen molar-refractivity contribution in [3.63, 3.8) is 0 Å².